The van der Waals surface area contributed by atoms with E-state index in [1.807, 2.05) is 0 Å². The fourth-order valence-corrected chi connectivity index (χ4v) is 3.30. The van der Waals surface area contributed by atoms with Gasteiger partial charge in [-0.1, -0.05) is 45.1 Å². The molecule has 162 valence electrons. The maximum absolute atomic E-state index is 13.0. The summed E-state index contributed by atoms with van der Waals surface area (Å²) in [5, 5.41) is 2.52. The zero-order valence-electron chi connectivity index (χ0n) is 17.6. The van der Waals surface area contributed by atoms with Crippen molar-refractivity contribution in [1.82, 2.24) is 10.2 Å². The van der Waals surface area contributed by atoms with Crippen molar-refractivity contribution < 1.29 is 22.7 Å². The van der Waals surface area contributed by atoms with Gasteiger partial charge in [-0.3, -0.25) is 9.69 Å². The highest BCUT2D eigenvalue weighted by Crippen LogP contribution is 2.31. The number of hydrogen-bond acceptors (Lipinski definition) is 6. The van der Waals surface area contributed by atoms with E-state index in [-0.39, 0.29) is 17.3 Å². The molecule has 0 saturated heterocycles. The van der Waals surface area contributed by atoms with Crippen molar-refractivity contribution in [3.8, 4) is 5.75 Å². The predicted molar refractivity (Wildman–Crippen MR) is 112 cm³/mol. The minimum atomic E-state index is -2.65. The molecule has 0 aromatic heterocycles. The van der Waals surface area contributed by atoms with Crippen molar-refractivity contribution in [2.75, 3.05) is 20.7 Å². The van der Waals surface area contributed by atoms with Gasteiger partial charge >= 0.3 is 16.5 Å². The molecule has 0 radical (unpaired) electrons. The largest absolute Gasteiger partial charge is 0.494 e. The first-order valence-corrected chi connectivity index (χ1v) is 10.9. The molecule has 0 fully saturated rings. The molecule has 29 heavy (non-hydrogen) atoms. The summed E-state index contributed by atoms with van der Waals surface area (Å²) < 4.78 is 30.5. The van der Waals surface area contributed by atoms with E-state index in [1.54, 1.807) is 19.1 Å². The van der Waals surface area contributed by atoms with E-state index in [2.05, 4.69) is 16.6 Å². The highest BCUT2D eigenvalue weighted by atomic mass is 32.2. The first kappa shape index (κ1) is 24.6. The number of rotatable bonds is 11. The number of carbonyl (C=O) groups excluding carboxylic acids is 2. The molecule has 0 aliphatic carbocycles. The fraction of sp³-hybridized carbons (Fsp3) is 0.600. The highest BCUT2D eigenvalue weighted by Gasteiger charge is 2.26. The molecule has 0 aliphatic heterocycles. The average Bonchev–Trinajstić information content (AvgIpc) is 2.71. The lowest BCUT2D eigenvalue weighted by molar-refractivity contribution is -0.129. The monoisotopic (exact) mass is 425 g/mol. The normalized spacial score (nSPS) is 11.4. The molecule has 1 unspecified atom stereocenters. The Labute approximate surface area is 174 Å². The van der Waals surface area contributed by atoms with Crippen LogP contribution in [-0.4, -0.2) is 46.0 Å². The maximum atomic E-state index is 13.0. The number of benzene rings is 1. The van der Waals surface area contributed by atoms with E-state index in [1.165, 1.54) is 31.5 Å². The average molecular weight is 426 g/mol. The molecule has 0 spiro atoms. The SMILES string of the molecule is CCCCCCCCN(C(=O)NC)C(=O)C(C)c1ccc(OC)c(N=S(=O)=O)c1. The van der Waals surface area contributed by atoms with E-state index in [9.17, 15) is 18.0 Å². The summed E-state index contributed by atoms with van der Waals surface area (Å²) in [5.74, 6) is -0.711. The molecule has 8 nitrogen and oxygen atoms in total. The third-order valence-electron chi connectivity index (χ3n) is 4.71. The molecule has 1 aromatic rings. The maximum Gasteiger partial charge on any atom is 0.323 e. The molecule has 0 heterocycles. The summed E-state index contributed by atoms with van der Waals surface area (Å²) in [6.45, 7) is 4.17. The Morgan fingerprint density at radius 2 is 1.83 bits per heavy atom. The minimum Gasteiger partial charge on any atom is -0.494 e. The molecule has 3 amide bonds. The first-order chi connectivity index (χ1) is 13.8. The zero-order chi connectivity index (χ0) is 21.8. The fourth-order valence-electron chi connectivity index (χ4n) is 3.00. The number of unbranched alkanes of at least 4 members (excludes halogenated alkanes) is 5. The quantitative estimate of drug-likeness (QED) is 0.539. The van der Waals surface area contributed by atoms with Crippen molar-refractivity contribution in [1.29, 1.82) is 0 Å². The molecule has 0 saturated carbocycles. The van der Waals surface area contributed by atoms with Crippen LogP contribution in [-0.2, 0) is 15.3 Å². The number of carbonyl (C=O) groups is 2. The van der Waals surface area contributed by atoms with E-state index >= 15 is 0 Å². The lowest BCUT2D eigenvalue weighted by Gasteiger charge is -2.24. The topological polar surface area (TPSA) is 105 Å². The Balaban J connectivity index is 2.95. The van der Waals surface area contributed by atoms with Crippen LogP contribution in [0.25, 0.3) is 0 Å². The summed E-state index contributed by atoms with van der Waals surface area (Å²) in [7, 11) is 0.245. The summed E-state index contributed by atoms with van der Waals surface area (Å²) in [6.07, 6.45) is 6.28. The van der Waals surface area contributed by atoms with Gasteiger partial charge in [0.15, 0.2) is 0 Å². The van der Waals surface area contributed by atoms with Gasteiger partial charge in [0.25, 0.3) is 0 Å². The second-order valence-corrected chi connectivity index (χ2v) is 7.39. The number of amides is 3. The van der Waals surface area contributed by atoms with Gasteiger partial charge in [0, 0.05) is 13.6 Å². The molecular formula is C20H31N3O5S. The van der Waals surface area contributed by atoms with Gasteiger partial charge in [0.1, 0.15) is 11.4 Å². The highest BCUT2D eigenvalue weighted by molar-refractivity contribution is 7.61. The third-order valence-corrected chi connectivity index (χ3v) is 5.05. The molecule has 9 heteroatoms. The Kier molecular flexibility index (Phi) is 11.0. The van der Waals surface area contributed by atoms with E-state index in [0.717, 1.165) is 32.1 Å². The minimum absolute atomic E-state index is 0.111. The van der Waals surface area contributed by atoms with Crippen molar-refractivity contribution in [3.63, 3.8) is 0 Å². The van der Waals surface area contributed by atoms with Gasteiger partial charge in [-0.2, -0.15) is 8.42 Å². The number of nitrogens with one attached hydrogen (secondary N) is 1. The van der Waals surface area contributed by atoms with Gasteiger partial charge in [-0.15, -0.1) is 4.36 Å². The molecule has 0 aliphatic rings. The van der Waals surface area contributed by atoms with Crippen molar-refractivity contribution in [3.05, 3.63) is 23.8 Å². The van der Waals surface area contributed by atoms with Crippen LogP contribution in [0.15, 0.2) is 22.6 Å². The molecule has 1 atom stereocenters. The van der Waals surface area contributed by atoms with Crippen LogP contribution in [0, 0.1) is 0 Å². The predicted octanol–water partition coefficient (Wildman–Crippen LogP) is 4.02. The first-order valence-electron chi connectivity index (χ1n) is 9.87. The zero-order valence-corrected chi connectivity index (χ0v) is 18.4. The van der Waals surface area contributed by atoms with Gasteiger partial charge in [0.05, 0.1) is 13.0 Å². The number of methoxy groups -OCH3 is 1. The number of ether oxygens (including phenoxy) is 1. The van der Waals surface area contributed by atoms with Gasteiger partial charge < -0.3 is 10.1 Å². The van der Waals surface area contributed by atoms with Crippen LogP contribution in [0.2, 0.25) is 0 Å². The van der Waals surface area contributed by atoms with Crippen LogP contribution < -0.4 is 10.1 Å². The Morgan fingerprint density at radius 3 is 2.41 bits per heavy atom. The smallest absolute Gasteiger partial charge is 0.323 e. The molecular weight excluding hydrogens is 394 g/mol. The Bertz CT molecular complexity index is 815. The molecule has 1 N–H and O–H groups in total. The molecule has 1 aromatic carbocycles. The van der Waals surface area contributed by atoms with Gasteiger partial charge in [-0.25, -0.2) is 4.79 Å². The summed E-state index contributed by atoms with van der Waals surface area (Å²) >= 11 is 0. The summed E-state index contributed by atoms with van der Waals surface area (Å²) in [6, 6.07) is 4.27. The summed E-state index contributed by atoms with van der Waals surface area (Å²) in [5.41, 5.74) is 0.664. The van der Waals surface area contributed by atoms with E-state index in [0.29, 0.717) is 12.1 Å². The lowest BCUT2D eigenvalue weighted by atomic mass is 9.98. The standard InChI is InChI=1S/C20H31N3O5S/c1-5-6-7-8-9-10-13-23(20(25)21-3)19(24)15(2)16-11-12-18(28-4)17(14-16)22-29(26)27/h11-12,14-15H,5-10,13H2,1-4H3,(H,21,25). The Morgan fingerprint density at radius 1 is 1.17 bits per heavy atom. The number of urea groups is 1. The van der Waals surface area contributed by atoms with Crippen LogP contribution >= 0.6 is 0 Å². The van der Waals surface area contributed by atoms with Crippen molar-refractivity contribution in [2.45, 2.75) is 58.3 Å². The molecule has 1 rings (SSSR count). The summed E-state index contributed by atoms with van der Waals surface area (Å²) in [4.78, 5) is 26.4. The van der Waals surface area contributed by atoms with Crippen LogP contribution in [0.3, 0.4) is 0 Å². The van der Waals surface area contributed by atoms with E-state index < -0.39 is 22.4 Å². The van der Waals surface area contributed by atoms with Crippen LogP contribution in [0.5, 0.6) is 5.75 Å². The van der Waals surface area contributed by atoms with Crippen LogP contribution in [0.4, 0.5) is 10.5 Å². The third kappa shape index (κ3) is 7.84. The second kappa shape index (κ2) is 12.9. The second-order valence-electron chi connectivity index (χ2n) is 6.77. The number of hydrogen-bond donors (Lipinski definition) is 1. The Hall–Kier alpha value is -2.42. The van der Waals surface area contributed by atoms with Crippen molar-refractivity contribution in [2.24, 2.45) is 4.36 Å². The van der Waals surface area contributed by atoms with Gasteiger partial charge in [0.2, 0.25) is 5.91 Å². The number of imide groups is 1. The van der Waals surface area contributed by atoms with Crippen molar-refractivity contribution >= 4 is 28.1 Å². The number of nitrogens with zero attached hydrogens (tertiary/aromatic N) is 2. The van der Waals surface area contributed by atoms with Crippen LogP contribution in [0.1, 0.15) is 63.9 Å². The van der Waals surface area contributed by atoms with Gasteiger partial charge in [-0.05, 0) is 31.0 Å². The molecule has 0 bridgehead atoms. The lowest BCUT2D eigenvalue weighted by Crippen LogP contribution is -2.44. The van der Waals surface area contributed by atoms with E-state index in [4.69, 9.17) is 4.74 Å².